The zero-order chi connectivity index (χ0) is 23.0. The van der Waals surface area contributed by atoms with E-state index in [1.807, 2.05) is 0 Å². The van der Waals surface area contributed by atoms with E-state index in [0.717, 1.165) is 0 Å². The van der Waals surface area contributed by atoms with Crippen molar-refractivity contribution in [2.45, 2.75) is 32.6 Å². The molecule has 1 aromatic carbocycles. The van der Waals surface area contributed by atoms with E-state index in [2.05, 4.69) is 20.0 Å². The number of pyridine rings is 1. The average molecular weight is 452 g/mol. The van der Waals surface area contributed by atoms with Crippen LogP contribution in [0.2, 0.25) is 0 Å². The molecule has 4 rings (SSSR count). The van der Waals surface area contributed by atoms with Crippen LogP contribution >= 0.6 is 0 Å². The van der Waals surface area contributed by atoms with Gasteiger partial charge in [-0.1, -0.05) is 23.4 Å². The third-order valence-corrected chi connectivity index (χ3v) is 6.41. The third-order valence-electron chi connectivity index (χ3n) is 4.91. The fourth-order valence-electron chi connectivity index (χ4n) is 3.35. The van der Waals surface area contributed by atoms with Crippen LogP contribution in [0.3, 0.4) is 0 Å². The molecule has 0 atom stereocenters. The van der Waals surface area contributed by atoms with Crippen LogP contribution in [-0.2, 0) is 10.0 Å². The first kappa shape index (κ1) is 21.4. The van der Waals surface area contributed by atoms with Crippen LogP contribution in [0.1, 0.15) is 22.7 Å². The maximum Gasteiger partial charge on any atom is 0.271 e. The highest BCUT2D eigenvalue weighted by Crippen LogP contribution is 2.25. The number of nitrogens with one attached hydrogen (secondary N) is 1. The van der Waals surface area contributed by atoms with E-state index in [9.17, 15) is 13.2 Å². The largest absolute Gasteiger partial charge is 0.359 e. The predicted octanol–water partition coefficient (Wildman–Crippen LogP) is 3.32. The number of aryl methyl sites for hydroxylation is 4. The number of hydrogen-bond donors (Lipinski definition) is 1. The standard InChI is InChI=1S/C22H21N5O4S/c1-13-8-9-17(12-19(13)32(29,30)26-20-7-5-6-14(2)23-20)18-10-11-21(28)27(24-18)22-15(3)25-31-16(22)4/h5-12H,1-4H3,(H,23,26). The van der Waals surface area contributed by atoms with Crippen LogP contribution in [0.4, 0.5) is 5.82 Å². The van der Waals surface area contributed by atoms with Gasteiger partial charge in [0.25, 0.3) is 15.6 Å². The monoisotopic (exact) mass is 451 g/mol. The molecule has 0 bridgehead atoms. The van der Waals surface area contributed by atoms with Gasteiger partial charge < -0.3 is 4.52 Å². The van der Waals surface area contributed by atoms with Crippen molar-refractivity contribution in [1.29, 1.82) is 0 Å². The zero-order valence-corrected chi connectivity index (χ0v) is 18.8. The van der Waals surface area contributed by atoms with Crippen LogP contribution in [0.15, 0.2) is 62.7 Å². The lowest BCUT2D eigenvalue weighted by Crippen LogP contribution is -2.21. The molecule has 4 aromatic rings. The van der Waals surface area contributed by atoms with Gasteiger partial charge in [-0.2, -0.15) is 9.78 Å². The molecular weight excluding hydrogens is 430 g/mol. The van der Waals surface area contributed by atoms with Gasteiger partial charge in [0, 0.05) is 17.3 Å². The van der Waals surface area contributed by atoms with Crippen LogP contribution in [0.25, 0.3) is 16.9 Å². The van der Waals surface area contributed by atoms with Gasteiger partial charge in [0.2, 0.25) is 0 Å². The number of hydrogen-bond acceptors (Lipinski definition) is 7. The Balaban J connectivity index is 1.78. The highest BCUT2D eigenvalue weighted by atomic mass is 32.2. The molecular formula is C22H21N5O4S. The number of benzene rings is 1. The van der Waals surface area contributed by atoms with Crippen molar-refractivity contribution < 1.29 is 12.9 Å². The number of anilines is 1. The van der Waals surface area contributed by atoms with Crippen molar-refractivity contribution in [3.05, 3.63) is 81.6 Å². The molecule has 32 heavy (non-hydrogen) atoms. The summed E-state index contributed by atoms with van der Waals surface area (Å²) < 4.78 is 35.0. The Labute approximate surface area is 184 Å². The highest BCUT2D eigenvalue weighted by Gasteiger charge is 2.20. The normalized spacial score (nSPS) is 11.5. The van der Waals surface area contributed by atoms with Crippen molar-refractivity contribution in [3.63, 3.8) is 0 Å². The van der Waals surface area contributed by atoms with Gasteiger partial charge in [-0.05, 0) is 57.5 Å². The van der Waals surface area contributed by atoms with Crippen LogP contribution in [-0.4, -0.2) is 28.3 Å². The predicted molar refractivity (Wildman–Crippen MR) is 119 cm³/mol. The molecule has 3 heterocycles. The Morgan fingerprint density at radius 1 is 1.00 bits per heavy atom. The number of rotatable bonds is 5. The molecule has 0 saturated heterocycles. The Hall–Kier alpha value is -3.79. The summed E-state index contributed by atoms with van der Waals surface area (Å²) in [4.78, 5) is 16.7. The minimum Gasteiger partial charge on any atom is -0.359 e. The second kappa shape index (κ2) is 8.04. The number of nitrogens with zero attached hydrogens (tertiary/aromatic N) is 4. The lowest BCUT2D eigenvalue weighted by Gasteiger charge is -2.12. The van der Waals surface area contributed by atoms with Gasteiger partial charge in [-0.3, -0.25) is 9.52 Å². The molecule has 0 radical (unpaired) electrons. The van der Waals surface area contributed by atoms with Gasteiger partial charge in [-0.25, -0.2) is 13.4 Å². The van der Waals surface area contributed by atoms with Crippen LogP contribution < -0.4 is 10.3 Å². The van der Waals surface area contributed by atoms with Crippen molar-refractivity contribution in [3.8, 4) is 16.9 Å². The van der Waals surface area contributed by atoms with E-state index in [1.165, 1.54) is 16.8 Å². The topological polar surface area (TPSA) is 120 Å². The first-order valence-electron chi connectivity index (χ1n) is 9.77. The average Bonchev–Trinajstić information content (AvgIpc) is 3.06. The minimum atomic E-state index is -3.90. The van der Waals surface area contributed by atoms with Gasteiger partial charge in [0.15, 0.2) is 5.76 Å². The van der Waals surface area contributed by atoms with E-state index in [4.69, 9.17) is 4.52 Å². The zero-order valence-electron chi connectivity index (χ0n) is 17.9. The fourth-order valence-corrected chi connectivity index (χ4v) is 4.62. The van der Waals surface area contributed by atoms with Crippen LogP contribution in [0.5, 0.6) is 0 Å². The van der Waals surface area contributed by atoms with Crippen molar-refractivity contribution in [1.82, 2.24) is 19.9 Å². The maximum atomic E-state index is 13.1. The Morgan fingerprint density at radius 2 is 1.78 bits per heavy atom. The Kier molecular flexibility index (Phi) is 5.39. The molecule has 10 heteroatoms. The highest BCUT2D eigenvalue weighted by molar-refractivity contribution is 7.92. The smallest absolute Gasteiger partial charge is 0.271 e. The second-order valence-electron chi connectivity index (χ2n) is 7.39. The molecule has 3 aromatic heterocycles. The van der Waals surface area contributed by atoms with Crippen LogP contribution in [0, 0.1) is 27.7 Å². The summed E-state index contributed by atoms with van der Waals surface area (Å²) in [7, 11) is -3.90. The van der Waals surface area contributed by atoms with Gasteiger partial charge >= 0.3 is 0 Å². The molecule has 0 aliphatic carbocycles. The van der Waals surface area contributed by atoms with E-state index < -0.39 is 10.0 Å². The van der Waals surface area contributed by atoms with Crippen molar-refractivity contribution in [2.24, 2.45) is 0 Å². The molecule has 0 amide bonds. The minimum absolute atomic E-state index is 0.0928. The molecule has 0 fully saturated rings. The first-order valence-corrected chi connectivity index (χ1v) is 11.2. The quantitative estimate of drug-likeness (QED) is 0.494. The van der Waals surface area contributed by atoms with Crippen molar-refractivity contribution in [2.75, 3.05) is 4.72 Å². The molecule has 0 aliphatic rings. The first-order chi connectivity index (χ1) is 15.2. The molecule has 0 spiro atoms. The van der Waals surface area contributed by atoms with Crippen molar-refractivity contribution >= 4 is 15.8 Å². The summed E-state index contributed by atoms with van der Waals surface area (Å²) in [6.07, 6.45) is 0. The van der Waals surface area contributed by atoms with E-state index >= 15 is 0 Å². The molecule has 1 N–H and O–H groups in total. The van der Waals surface area contributed by atoms with E-state index in [1.54, 1.807) is 64.1 Å². The third kappa shape index (κ3) is 4.04. The summed E-state index contributed by atoms with van der Waals surface area (Å²) in [6, 6.07) is 13.0. The van der Waals surface area contributed by atoms with E-state index in [-0.39, 0.29) is 16.3 Å². The lowest BCUT2D eigenvalue weighted by molar-refractivity contribution is 0.392. The lowest BCUT2D eigenvalue weighted by atomic mass is 10.1. The van der Waals surface area contributed by atoms with Gasteiger partial charge in [0.1, 0.15) is 17.2 Å². The fraction of sp³-hybridized carbons (Fsp3) is 0.182. The summed E-state index contributed by atoms with van der Waals surface area (Å²) in [5.74, 6) is 0.691. The van der Waals surface area contributed by atoms with Gasteiger partial charge in [-0.15, -0.1) is 0 Å². The number of aromatic nitrogens is 4. The molecule has 164 valence electrons. The molecule has 0 aliphatic heterocycles. The summed E-state index contributed by atoms with van der Waals surface area (Å²) in [5.41, 5.74) is 2.85. The summed E-state index contributed by atoms with van der Waals surface area (Å²) in [5, 5.41) is 8.30. The molecule has 0 unspecified atom stereocenters. The summed E-state index contributed by atoms with van der Waals surface area (Å²) >= 11 is 0. The SMILES string of the molecule is Cc1cccc(NS(=O)(=O)c2cc(-c3ccc(=O)n(-c4c(C)noc4C)n3)ccc2C)n1. The molecule has 0 saturated carbocycles. The second-order valence-corrected chi connectivity index (χ2v) is 9.04. The van der Waals surface area contributed by atoms with E-state index in [0.29, 0.717) is 39.7 Å². The van der Waals surface area contributed by atoms with Gasteiger partial charge in [0.05, 0.1) is 10.6 Å². The number of sulfonamides is 1. The Bertz CT molecular complexity index is 1470. The Morgan fingerprint density at radius 3 is 2.47 bits per heavy atom. The summed E-state index contributed by atoms with van der Waals surface area (Å²) in [6.45, 7) is 6.90. The molecule has 9 nitrogen and oxygen atoms in total. The maximum absolute atomic E-state index is 13.1.